The van der Waals surface area contributed by atoms with Gasteiger partial charge in [0.25, 0.3) is 0 Å². The highest BCUT2D eigenvalue weighted by atomic mass is 16.5. The van der Waals surface area contributed by atoms with Crippen LogP contribution in [0.4, 0.5) is 5.69 Å². The number of ether oxygens (including phenoxy) is 1. The van der Waals surface area contributed by atoms with Crippen molar-refractivity contribution in [2.75, 3.05) is 18.5 Å². The summed E-state index contributed by atoms with van der Waals surface area (Å²) in [7, 11) is 2.12. The van der Waals surface area contributed by atoms with Gasteiger partial charge >= 0.3 is 0 Å². The van der Waals surface area contributed by atoms with E-state index < -0.39 is 0 Å². The number of likely N-dealkylation sites (N-methyl/N-ethyl adjacent to an activating group) is 1. The topological polar surface area (TPSA) is 12.5 Å². The number of rotatable bonds is 6. The standard InChI is InChI=1S/C20H27NO/c1-15(2)18-11-7-9-13-20(18)22-17(4)14-21(5)19-12-8-6-10-16(19)3/h6-13,15,17H,14H2,1-5H3. The zero-order chi connectivity index (χ0) is 16.1. The second kappa shape index (κ2) is 7.35. The minimum atomic E-state index is 0.129. The molecule has 0 aliphatic heterocycles. The summed E-state index contributed by atoms with van der Waals surface area (Å²) in [5.74, 6) is 1.47. The summed E-state index contributed by atoms with van der Waals surface area (Å²) in [6.45, 7) is 9.53. The molecule has 2 aromatic carbocycles. The van der Waals surface area contributed by atoms with Crippen LogP contribution in [-0.4, -0.2) is 19.7 Å². The van der Waals surface area contributed by atoms with Crippen molar-refractivity contribution in [3.05, 3.63) is 59.7 Å². The number of para-hydroxylation sites is 2. The van der Waals surface area contributed by atoms with Gasteiger partial charge in [0.2, 0.25) is 0 Å². The molecule has 0 radical (unpaired) electrons. The maximum Gasteiger partial charge on any atom is 0.123 e. The lowest BCUT2D eigenvalue weighted by atomic mass is 10.0. The number of aryl methyl sites for hydroxylation is 1. The van der Waals surface area contributed by atoms with Crippen LogP contribution in [-0.2, 0) is 0 Å². The summed E-state index contributed by atoms with van der Waals surface area (Å²) in [6.07, 6.45) is 0.129. The van der Waals surface area contributed by atoms with E-state index in [0.29, 0.717) is 5.92 Å². The van der Waals surface area contributed by atoms with Crippen molar-refractivity contribution in [2.45, 2.75) is 39.7 Å². The van der Waals surface area contributed by atoms with Crippen molar-refractivity contribution in [2.24, 2.45) is 0 Å². The zero-order valence-corrected chi connectivity index (χ0v) is 14.3. The maximum atomic E-state index is 6.20. The molecule has 22 heavy (non-hydrogen) atoms. The van der Waals surface area contributed by atoms with Gasteiger partial charge in [-0.2, -0.15) is 0 Å². The van der Waals surface area contributed by atoms with Crippen LogP contribution in [0, 0.1) is 6.92 Å². The smallest absolute Gasteiger partial charge is 0.123 e. The van der Waals surface area contributed by atoms with Gasteiger partial charge in [-0.3, -0.25) is 0 Å². The van der Waals surface area contributed by atoms with Crippen LogP contribution >= 0.6 is 0 Å². The summed E-state index contributed by atoms with van der Waals surface area (Å²) >= 11 is 0. The normalized spacial score (nSPS) is 12.3. The molecule has 118 valence electrons. The van der Waals surface area contributed by atoms with Gasteiger partial charge in [0.1, 0.15) is 11.9 Å². The lowest BCUT2D eigenvalue weighted by Gasteiger charge is -2.26. The Morgan fingerprint density at radius 2 is 1.59 bits per heavy atom. The average Bonchev–Trinajstić information content (AvgIpc) is 2.47. The van der Waals surface area contributed by atoms with Crippen LogP contribution in [0.5, 0.6) is 5.75 Å². The van der Waals surface area contributed by atoms with E-state index in [4.69, 9.17) is 4.74 Å². The van der Waals surface area contributed by atoms with E-state index in [0.717, 1.165) is 12.3 Å². The van der Waals surface area contributed by atoms with E-state index in [9.17, 15) is 0 Å². The fourth-order valence-corrected chi connectivity index (χ4v) is 2.79. The predicted octanol–water partition coefficient (Wildman–Crippen LogP) is 5.02. The first-order valence-corrected chi connectivity index (χ1v) is 8.01. The van der Waals surface area contributed by atoms with Crippen molar-refractivity contribution in [1.29, 1.82) is 0 Å². The highest BCUT2D eigenvalue weighted by Gasteiger charge is 2.13. The largest absolute Gasteiger partial charge is 0.489 e. The third-order valence-corrected chi connectivity index (χ3v) is 3.93. The van der Waals surface area contributed by atoms with Crippen molar-refractivity contribution in [1.82, 2.24) is 0 Å². The van der Waals surface area contributed by atoms with E-state index in [1.165, 1.54) is 16.8 Å². The minimum absolute atomic E-state index is 0.129. The number of hydrogen-bond acceptors (Lipinski definition) is 2. The SMILES string of the molecule is Cc1ccccc1N(C)CC(C)Oc1ccccc1C(C)C. The Hall–Kier alpha value is -1.96. The molecule has 0 saturated carbocycles. The minimum Gasteiger partial charge on any atom is -0.489 e. The first kappa shape index (κ1) is 16.4. The molecule has 0 aromatic heterocycles. The van der Waals surface area contributed by atoms with Crippen LogP contribution < -0.4 is 9.64 Å². The zero-order valence-electron chi connectivity index (χ0n) is 14.3. The van der Waals surface area contributed by atoms with E-state index in [1.54, 1.807) is 0 Å². The van der Waals surface area contributed by atoms with Crippen LogP contribution in [0.15, 0.2) is 48.5 Å². The number of anilines is 1. The van der Waals surface area contributed by atoms with Crippen molar-refractivity contribution in [3.63, 3.8) is 0 Å². The highest BCUT2D eigenvalue weighted by molar-refractivity contribution is 5.52. The van der Waals surface area contributed by atoms with Crippen LogP contribution in [0.2, 0.25) is 0 Å². The Labute approximate surface area is 134 Å². The number of nitrogens with zero attached hydrogens (tertiary/aromatic N) is 1. The summed E-state index contributed by atoms with van der Waals surface area (Å²) in [5, 5.41) is 0. The molecule has 2 heteroatoms. The van der Waals surface area contributed by atoms with Gasteiger partial charge in [-0.05, 0) is 43.0 Å². The number of benzene rings is 2. The quantitative estimate of drug-likeness (QED) is 0.742. The Kier molecular flexibility index (Phi) is 5.48. The second-order valence-corrected chi connectivity index (χ2v) is 6.29. The van der Waals surface area contributed by atoms with E-state index in [2.05, 4.69) is 82.1 Å². The van der Waals surface area contributed by atoms with E-state index in [1.807, 2.05) is 6.07 Å². The Bertz CT molecular complexity index is 606. The van der Waals surface area contributed by atoms with E-state index >= 15 is 0 Å². The fourth-order valence-electron chi connectivity index (χ4n) is 2.79. The molecule has 1 atom stereocenters. The second-order valence-electron chi connectivity index (χ2n) is 6.29. The van der Waals surface area contributed by atoms with Gasteiger partial charge in [0, 0.05) is 12.7 Å². The summed E-state index contributed by atoms with van der Waals surface area (Å²) in [6, 6.07) is 16.8. The lowest BCUT2D eigenvalue weighted by molar-refractivity contribution is 0.225. The molecular weight excluding hydrogens is 270 g/mol. The predicted molar refractivity (Wildman–Crippen MR) is 95.1 cm³/mol. The van der Waals surface area contributed by atoms with Crippen LogP contribution in [0.1, 0.15) is 37.8 Å². The molecule has 0 fully saturated rings. The first-order valence-electron chi connectivity index (χ1n) is 8.01. The Balaban J connectivity index is 2.04. The molecule has 0 aliphatic rings. The van der Waals surface area contributed by atoms with Gasteiger partial charge in [-0.15, -0.1) is 0 Å². The van der Waals surface area contributed by atoms with Gasteiger partial charge < -0.3 is 9.64 Å². The lowest BCUT2D eigenvalue weighted by Crippen LogP contribution is -2.31. The first-order chi connectivity index (χ1) is 10.5. The summed E-state index contributed by atoms with van der Waals surface area (Å²) in [5.41, 5.74) is 3.82. The highest BCUT2D eigenvalue weighted by Crippen LogP contribution is 2.27. The molecule has 1 unspecified atom stereocenters. The summed E-state index contributed by atoms with van der Waals surface area (Å²) in [4.78, 5) is 2.26. The molecule has 0 amide bonds. The Morgan fingerprint density at radius 1 is 0.955 bits per heavy atom. The molecule has 0 heterocycles. The van der Waals surface area contributed by atoms with Crippen molar-refractivity contribution < 1.29 is 4.74 Å². The van der Waals surface area contributed by atoms with Crippen LogP contribution in [0.25, 0.3) is 0 Å². The number of hydrogen-bond donors (Lipinski definition) is 0. The molecule has 2 rings (SSSR count). The van der Waals surface area contributed by atoms with Gasteiger partial charge in [0.15, 0.2) is 0 Å². The van der Waals surface area contributed by atoms with Gasteiger partial charge in [-0.25, -0.2) is 0 Å². The third kappa shape index (κ3) is 4.03. The maximum absolute atomic E-state index is 6.20. The monoisotopic (exact) mass is 297 g/mol. The van der Waals surface area contributed by atoms with E-state index in [-0.39, 0.29) is 6.10 Å². The third-order valence-electron chi connectivity index (χ3n) is 3.93. The van der Waals surface area contributed by atoms with Crippen molar-refractivity contribution in [3.8, 4) is 5.75 Å². The average molecular weight is 297 g/mol. The van der Waals surface area contributed by atoms with Crippen LogP contribution in [0.3, 0.4) is 0 Å². The molecule has 0 bridgehead atoms. The molecule has 0 aliphatic carbocycles. The van der Waals surface area contributed by atoms with Gasteiger partial charge in [0.05, 0.1) is 6.54 Å². The Morgan fingerprint density at radius 3 is 2.27 bits per heavy atom. The van der Waals surface area contributed by atoms with Gasteiger partial charge in [-0.1, -0.05) is 50.2 Å². The van der Waals surface area contributed by atoms with Crippen molar-refractivity contribution >= 4 is 5.69 Å². The molecule has 0 saturated heterocycles. The molecule has 0 N–H and O–H groups in total. The molecular formula is C20H27NO. The fraction of sp³-hybridized carbons (Fsp3) is 0.400. The molecule has 2 nitrogen and oxygen atoms in total. The summed E-state index contributed by atoms with van der Waals surface area (Å²) < 4.78 is 6.20. The molecule has 0 spiro atoms. The molecule has 2 aromatic rings.